The summed E-state index contributed by atoms with van der Waals surface area (Å²) in [5.41, 5.74) is 1.23. The molecule has 15 heavy (non-hydrogen) atoms. The highest BCUT2D eigenvalue weighted by Crippen LogP contribution is 2.02. The molecule has 0 saturated heterocycles. The molecule has 0 aromatic carbocycles. The molecule has 1 amide bonds. The van der Waals surface area contributed by atoms with E-state index in [9.17, 15) is 4.79 Å². The topological polar surface area (TPSA) is 95.6 Å². The Bertz CT molecular complexity index is 357. The molecule has 3 N–H and O–H groups in total. The zero-order valence-electron chi connectivity index (χ0n) is 8.16. The van der Waals surface area contributed by atoms with Gasteiger partial charge in [-0.25, -0.2) is 0 Å². The van der Waals surface area contributed by atoms with Gasteiger partial charge in [-0.3, -0.25) is 4.79 Å². The molecular weight excluding hydrogens is 196 g/mol. The molecule has 0 fully saturated rings. The van der Waals surface area contributed by atoms with Gasteiger partial charge in [-0.05, 0) is 18.2 Å². The van der Waals surface area contributed by atoms with Crippen LogP contribution in [0.15, 0.2) is 11.6 Å². The number of nitrogens with one attached hydrogen (secondary N) is 3. The first-order chi connectivity index (χ1) is 7.36. The number of carbonyl (C=O) groups excluding carboxylic acids is 1. The minimum atomic E-state index is -0.303. The average molecular weight is 208 g/mol. The van der Waals surface area contributed by atoms with E-state index in [0.717, 1.165) is 19.5 Å². The number of aromatic nitrogens is 4. The Morgan fingerprint density at radius 2 is 2.53 bits per heavy atom. The van der Waals surface area contributed by atoms with Gasteiger partial charge in [0.1, 0.15) is 0 Å². The predicted molar refractivity (Wildman–Crippen MR) is 52.1 cm³/mol. The van der Waals surface area contributed by atoms with Gasteiger partial charge in [-0.2, -0.15) is 5.21 Å². The van der Waals surface area contributed by atoms with Crippen molar-refractivity contribution in [2.75, 3.05) is 19.6 Å². The average Bonchev–Trinajstić information content (AvgIpc) is 2.81. The van der Waals surface area contributed by atoms with Crippen LogP contribution in [0, 0.1) is 0 Å². The molecule has 80 valence electrons. The molecular formula is C8H12N6O. The molecule has 0 atom stereocenters. The first kappa shape index (κ1) is 9.78. The van der Waals surface area contributed by atoms with Crippen LogP contribution in [0.25, 0.3) is 0 Å². The summed E-state index contributed by atoms with van der Waals surface area (Å²) in [5, 5.41) is 18.7. The fourth-order valence-electron chi connectivity index (χ4n) is 1.36. The van der Waals surface area contributed by atoms with Gasteiger partial charge >= 0.3 is 0 Å². The van der Waals surface area contributed by atoms with Crippen LogP contribution < -0.4 is 10.6 Å². The predicted octanol–water partition coefficient (Wildman–Crippen LogP) is -1.15. The molecule has 1 aliphatic rings. The Morgan fingerprint density at radius 3 is 3.20 bits per heavy atom. The summed E-state index contributed by atoms with van der Waals surface area (Å²) in [4.78, 5) is 11.4. The van der Waals surface area contributed by atoms with Gasteiger partial charge in [-0.1, -0.05) is 11.6 Å². The summed E-state index contributed by atoms with van der Waals surface area (Å²) < 4.78 is 0. The molecule has 7 heteroatoms. The van der Waals surface area contributed by atoms with Crippen molar-refractivity contribution in [3.63, 3.8) is 0 Å². The number of nitrogens with zero attached hydrogens (tertiary/aromatic N) is 3. The maximum absolute atomic E-state index is 11.4. The Labute approximate surface area is 86.3 Å². The Morgan fingerprint density at radius 1 is 1.60 bits per heavy atom. The van der Waals surface area contributed by atoms with Crippen LogP contribution in [0.1, 0.15) is 17.0 Å². The van der Waals surface area contributed by atoms with E-state index >= 15 is 0 Å². The Kier molecular flexibility index (Phi) is 3.03. The van der Waals surface area contributed by atoms with Crippen LogP contribution in [0.5, 0.6) is 0 Å². The van der Waals surface area contributed by atoms with Gasteiger partial charge in [-0.15, -0.1) is 10.2 Å². The maximum Gasteiger partial charge on any atom is 0.293 e. The summed E-state index contributed by atoms with van der Waals surface area (Å²) in [6.45, 7) is 2.38. The summed E-state index contributed by atoms with van der Waals surface area (Å²) in [6, 6.07) is 0. The van der Waals surface area contributed by atoms with E-state index in [-0.39, 0.29) is 11.7 Å². The lowest BCUT2D eigenvalue weighted by atomic mass is 10.1. The van der Waals surface area contributed by atoms with Crippen LogP contribution in [-0.2, 0) is 0 Å². The van der Waals surface area contributed by atoms with Crippen molar-refractivity contribution < 1.29 is 4.79 Å². The molecule has 7 nitrogen and oxygen atoms in total. The molecule has 0 aliphatic carbocycles. The minimum absolute atomic E-state index is 0.0736. The van der Waals surface area contributed by atoms with Crippen LogP contribution in [0.3, 0.4) is 0 Å². The van der Waals surface area contributed by atoms with E-state index in [2.05, 4.69) is 37.3 Å². The van der Waals surface area contributed by atoms with Crippen LogP contribution in [0.2, 0.25) is 0 Å². The lowest BCUT2D eigenvalue weighted by molar-refractivity contribution is 0.0946. The van der Waals surface area contributed by atoms with E-state index in [1.165, 1.54) is 5.57 Å². The third-order valence-corrected chi connectivity index (χ3v) is 2.18. The smallest absolute Gasteiger partial charge is 0.293 e. The number of tetrazole rings is 1. The van der Waals surface area contributed by atoms with Crippen molar-refractivity contribution in [1.29, 1.82) is 0 Å². The van der Waals surface area contributed by atoms with E-state index in [1.54, 1.807) is 0 Å². The Balaban J connectivity index is 1.83. The normalized spacial score (nSPS) is 15.9. The molecule has 0 unspecified atom stereocenters. The van der Waals surface area contributed by atoms with Gasteiger partial charge in [0.05, 0.1) is 0 Å². The molecule has 1 aromatic rings. The second kappa shape index (κ2) is 4.65. The number of hydrogen-bond donors (Lipinski definition) is 3. The largest absolute Gasteiger partial charge is 0.345 e. The molecule has 2 heterocycles. The third kappa shape index (κ3) is 2.59. The summed E-state index contributed by atoms with van der Waals surface area (Å²) in [6.07, 6.45) is 3.05. The molecule has 0 spiro atoms. The zero-order valence-corrected chi connectivity index (χ0v) is 8.16. The van der Waals surface area contributed by atoms with Crippen LogP contribution >= 0.6 is 0 Å². The summed E-state index contributed by atoms with van der Waals surface area (Å²) >= 11 is 0. The van der Waals surface area contributed by atoms with E-state index < -0.39 is 0 Å². The van der Waals surface area contributed by atoms with Crippen LogP contribution in [-0.4, -0.2) is 46.2 Å². The number of hydrogen-bond acceptors (Lipinski definition) is 5. The zero-order chi connectivity index (χ0) is 10.5. The number of carbonyl (C=O) groups is 1. The molecule has 0 radical (unpaired) electrons. The molecule has 2 rings (SSSR count). The van der Waals surface area contributed by atoms with Gasteiger partial charge in [0, 0.05) is 13.1 Å². The SMILES string of the molecule is O=C(NCC1=CCNCC1)c1nn[nH]n1. The highest BCUT2D eigenvalue weighted by molar-refractivity contribution is 5.90. The fraction of sp³-hybridized carbons (Fsp3) is 0.500. The lowest BCUT2D eigenvalue weighted by Gasteiger charge is -2.13. The van der Waals surface area contributed by atoms with E-state index in [1.807, 2.05) is 0 Å². The van der Waals surface area contributed by atoms with Crippen molar-refractivity contribution in [3.05, 3.63) is 17.5 Å². The number of aromatic amines is 1. The van der Waals surface area contributed by atoms with Gasteiger partial charge < -0.3 is 10.6 Å². The minimum Gasteiger partial charge on any atom is -0.345 e. The van der Waals surface area contributed by atoms with Gasteiger partial charge in [0.2, 0.25) is 0 Å². The Hall–Kier alpha value is -1.76. The first-order valence-electron chi connectivity index (χ1n) is 4.76. The van der Waals surface area contributed by atoms with Gasteiger partial charge in [0.25, 0.3) is 11.7 Å². The summed E-state index contributed by atoms with van der Waals surface area (Å²) in [7, 11) is 0. The van der Waals surface area contributed by atoms with E-state index in [4.69, 9.17) is 0 Å². The second-order valence-corrected chi connectivity index (χ2v) is 3.23. The second-order valence-electron chi connectivity index (χ2n) is 3.23. The number of H-pyrrole nitrogens is 1. The highest BCUT2D eigenvalue weighted by Gasteiger charge is 2.11. The number of rotatable bonds is 3. The van der Waals surface area contributed by atoms with Gasteiger partial charge in [0.15, 0.2) is 0 Å². The van der Waals surface area contributed by atoms with Crippen molar-refractivity contribution >= 4 is 5.91 Å². The molecule has 0 saturated carbocycles. The van der Waals surface area contributed by atoms with Crippen molar-refractivity contribution in [2.24, 2.45) is 0 Å². The highest BCUT2D eigenvalue weighted by atomic mass is 16.2. The third-order valence-electron chi connectivity index (χ3n) is 2.18. The molecule has 1 aromatic heterocycles. The maximum atomic E-state index is 11.4. The van der Waals surface area contributed by atoms with E-state index in [0.29, 0.717) is 6.54 Å². The van der Waals surface area contributed by atoms with Crippen molar-refractivity contribution in [2.45, 2.75) is 6.42 Å². The molecule has 1 aliphatic heterocycles. The summed E-state index contributed by atoms with van der Waals surface area (Å²) in [5.74, 6) is -0.229. The first-order valence-corrected chi connectivity index (χ1v) is 4.76. The fourth-order valence-corrected chi connectivity index (χ4v) is 1.36. The van der Waals surface area contributed by atoms with Crippen LogP contribution in [0.4, 0.5) is 0 Å². The number of amides is 1. The quantitative estimate of drug-likeness (QED) is 0.545. The van der Waals surface area contributed by atoms with Crippen molar-refractivity contribution in [3.8, 4) is 0 Å². The lowest BCUT2D eigenvalue weighted by Crippen LogP contribution is -2.30. The molecule has 0 bridgehead atoms. The standard InChI is InChI=1S/C8H12N6O/c15-8(7-11-13-14-12-7)10-5-6-1-3-9-4-2-6/h1,9H,2-5H2,(H,10,15)(H,11,12,13,14). The monoisotopic (exact) mass is 208 g/mol. The van der Waals surface area contributed by atoms with Crippen molar-refractivity contribution in [1.82, 2.24) is 31.3 Å².